The number of anilines is 2. The summed E-state index contributed by atoms with van der Waals surface area (Å²) in [5, 5.41) is 8.72. The molecule has 0 bridgehead atoms. The summed E-state index contributed by atoms with van der Waals surface area (Å²) in [7, 11) is 0. The summed E-state index contributed by atoms with van der Waals surface area (Å²) in [6.45, 7) is 6.59. The second-order valence-electron chi connectivity index (χ2n) is 7.59. The fourth-order valence-electron chi connectivity index (χ4n) is 2.89. The monoisotopic (exact) mass is 397 g/mol. The van der Waals surface area contributed by atoms with E-state index < -0.39 is 5.91 Å². The third-order valence-corrected chi connectivity index (χ3v) is 4.66. The minimum atomic E-state index is -0.501. The largest absolute Gasteiger partial charge is 0.366 e. The number of halogens is 1. The van der Waals surface area contributed by atoms with Gasteiger partial charge in [-0.15, -0.1) is 0 Å². The molecule has 1 amide bonds. The average molecular weight is 398 g/mol. The summed E-state index contributed by atoms with van der Waals surface area (Å²) in [5.41, 5.74) is 14.9. The van der Waals surface area contributed by atoms with E-state index in [-0.39, 0.29) is 5.41 Å². The molecule has 0 aliphatic rings. The number of amides is 1. The van der Waals surface area contributed by atoms with Crippen molar-refractivity contribution in [2.24, 2.45) is 11.5 Å². The van der Waals surface area contributed by atoms with Crippen LogP contribution >= 0.6 is 11.6 Å². The Balaban J connectivity index is 2.17. The van der Waals surface area contributed by atoms with Gasteiger partial charge in [0.1, 0.15) is 5.82 Å². The Morgan fingerprint density at radius 2 is 1.89 bits per heavy atom. The molecule has 7 heteroatoms. The molecular weight excluding hydrogens is 374 g/mol. The first-order chi connectivity index (χ1) is 13.2. The number of primary amides is 1. The Labute approximate surface area is 169 Å². The molecule has 146 valence electrons. The van der Waals surface area contributed by atoms with Gasteiger partial charge in [-0.25, -0.2) is 4.68 Å². The van der Waals surface area contributed by atoms with Crippen molar-refractivity contribution in [2.45, 2.75) is 32.7 Å². The normalized spacial score (nSPS) is 11.5. The van der Waals surface area contributed by atoms with Crippen LogP contribution in [-0.4, -0.2) is 15.7 Å². The van der Waals surface area contributed by atoms with Crippen LogP contribution in [0.3, 0.4) is 0 Å². The molecule has 0 fully saturated rings. The number of benzene rings is 2. The van der Waals surface area contributed by atoms with E-state index in [0.717, 1.165) is 16.9 Å². The molecule has 0 atom stereocenters. The molecule has 0 saturated carbocycles. The Morgan fingerprint density at radius 1 is 1.18 bits per heavy atom. The average Bonchev–Trinajstić information content (AvgIpc) is 3.06. The van der Waals surface area contributed by atoms with E-state index in [4.69, 9.17) is 28.2 Å². The summed E-state index contributed by atoms with van der Waals surface area (Å²) in [6, 6.07) is 14.6. The summed E-state index contributed by atoms with van der Waals surface area (Å²) in [5.74, 6) is 0.204. The van der Waals surface area contributed by atoms with Crippen LogP contribution in [0.1, 0.15) is 42.4 Å². The quantitative estimate of drug-likeness (QED) is 0.602. The van der Waals surface area contributed by atoms with Gasteiger partial charge in [-0.3, -0.25) is 4.79 Å². The maximum atomic E-state index is 11.8. The fourth-order valence-corrected chi connectivity index (χ4v) is 3.08. The van der Waals surface area contributed by atoms with Crippen LogP contribution in [0.25, 0.3) is 5.69 Å². The predicted molar refractivity (Wildman–Crippen MR) is 113 cm³/mol. The molecule has 28 heavy (non-hydrogen) atoms. The Bertz CT molecular complexity index is 1020. The van der Waals surface area contributed by atoms with Crippen LogP contribution in [0.15, 0.2) is 48.5 Å². The highest BCUT2D eigenvalue weighted by atomic mass is 35.5. The van der Waals surface area contributed by atoms with Crippen molar-refractivity contribution >= 4 is 29.0 Å². The zero-order valence-corrected chi connectivity index (χ0v) is 16.9. The SMILES string of the molecule is CC(C)(C)c1cc(Nc2ccccc2C(N)=O)n(-c2ccc(Cl)cc2CN)n1. The molecule has 0 unspecified atom stereocenters. The van der Waals surface area contributed by atoms with Gasteiger partial charge in [-0.05, 0) is 35.9 Å². The number of para-hydroxylation sites is 1. The zero-order chi connectivity index (χ0) is 20.5. The molecule has 0 aliphatic carbocycles. The molecule has 0 spiro atoms. The third-order valence-electron chi connectivity index (χ3n) is 4.42. The number of nitrogens with two attached hydrogens (primary N) is 2. The van der Waals surface area contributed by atoms with Gasteiger partial charge in [0.2, 0.25) is 0 Å². The van der Waals surface area contributed by atoms with Gasteiger partial charge < -0.3 is 16.8 Å². The Morgan fingerprint density at radius 3 is 2.54 bits per heavy atom. The minimum Gasteiger partial charge on any atom is -0.366 e. The van der Waals surface area contributed by atoms with Gasteiger partial charge in [0, 0.05) is 23.0 Å². The van der Waals surface area contributed by atoms with E-state index in [0.29, 0.717) is 28.6 Å². The van der Waals surface area contributed by atoms with Gasteiger partial charge in [0.05, 0.1) is 22.6 Å². The van der Waals surface area contributed by atoms with Crippen molar-refractivity contribution < 1.29 is 4.79 Å². The van der Waals surface area contributed by atoms with Crippen molar-refractivity contribution in [2.75, 3.05) is 5.32 Å². The Hall–Kier alpha value is -2.83. The lowest BCUT2D eigenvalue weighted by Crippen LogP contribution is -2.14. The topological polar surface area (TPSA) is 99.0 Å². The first kappa shape index (κ1) is 19.9. The fraction of sp³-hybridized carbons (Fsp3) is 0.238. The number of nitrogens with zero attached hydrogens (tertiary/aromatic N) is 2. The lowest BCUT2D eigenvalue weighted by Gasteiger charge is -2.15. The lowest BCUT2D eigenvalue weighted by atomic mass is 9.92. The van der Waals surface area contributed by atoms with E-state index in [1.54, 1.807) is 28.9 Å². The molecule has 1 heterocycles. The number of hydrogen-bond acceptors (Lipinski definition) is 4. The van der Waals surface area contributed by atoms with Crippen LogP contribution < -0.4 is 16.8 Å². The van der Waals surface area contributed by atoms with Gasteiger partial charge in [0.15, 0.2) is 0 Å². The molecule has 0 radical (unpaired) electrons. The number of carbonyl (C=O) groups excluding carboxylic acids is 1. The van der Waals surface area contributed by atoms with Gasteiger partial charge in [-0.1, -0.05) is 44.5 Å². The molecule has 3 rings (SSSR count). The van der Waals surface area contributed by atoms with Crippen molar-refractivity contribution in [3.8, 4) is 5.69 Å². The highest BCUT2D eigenvalue weighted by Gasteiger charge is 2.22. The second kappa shape index (κ2) is 7.66. The van der Waals surface area contributed by atoms with E-state index in [1.807, 2.05) is 24.3 Å². The van der Waals surface area contributed by atoms with Crippen LogP contribution in [0.4, 0.5) is 11.5 Å². The smallest absolute Gasteiger partial charge is 0.250 e. The predicted octanol–water partition coefficient (Wildman–Crippen LogP) is 4.12. The highest BCUT2D eigenvalue weighted by Crippen LogP contribution is 2.31. The number of nitrogens with one attached hydrogen (secondary N) is 1. The maximum absolute atomic E-state index is 11.8. The van der Waals surface area contributed by atoms with E-state index in [1.165, 1.54) is 0 Å². The molecule has 0 aliphatic heterocycles. The maximum Gasteiger partial charge on any atom is 0.250 e. The molecule has 5 N–H and O–H groups in total. The minimum absolute atomic E-state index is 0.166. The summed E-state index contributed by atoms with van der Waals surface area (Å²) in [4.78, 5) is 11.8. The third kappa shape index (κ3) is 4.03. The summed E-state index contributed by atoms with van der Waals surface area (Å²) >= 11 is 6.13. The van der Waals surface area contributed by atoms with Crippen LogP contribution in [-0.2, 0) is 12.0 Å². The first-order valence-electron chi connectivity index (χ1n) is 8.96. The van der Waals surface area contributed by atoms with Crippen molar-refractivity contribution in [3.63, 3.8) is 0 Å². The van der Waals surface area contributed by atoms with Crippen molar-refractivity contribution in [1.82, 2.24) is 9.78 Å². The molecule has 6 nitrogen and oxygen atoms in total. The standard InChI is InChI=1S/C21H24ClN5O/c1-21(2,3)18-11-19(25-16-7-5-4-6-15(16)20(24)28)27(26-18)17-9-8-14(22)10-13(17)12-23/h4-11,25H,12,23H2,1-3H3,(H2,24,28). The van der Waals surface area contributed by atoms with E-state index >= 15 is 0 Å². The van der Waals surface area contributed by atoms with Gasteiger partial charge in [-0.2, -0.15) is 5.10 Å². The zero-order valence-electron chi connectivity index (χ0n) is 16.2. The van der Waals surface area contributed by atoms with E-state index in [9.17, 15) is 4.79 Å². The first-order valence-corrected chi connectivity index (χ1v) is 9.34. The molecule has 0 saturated heterocycles. The second-order valence-corrected chi connectivity index (χ2v) is 8.03. The van der Waals surface area contributed by atoms with Gasteiger partial charge >= 0.3 is 0 Å². The highest BCUT2D eigenvalue weighted by molar-refractivity contribution is 6.30. The molecular formula is C21H24ClN5O. The molecule has 3 aromatic rings. The number of rotatable bonds is 5. The van der Waals surface area contributed by atoms with Crippen molar-refractivity contribution in [1.29, 1.82) is 0 Å². The van der Waals surface area contributed by atoms with Crippen molar-refractivity contribution in [3.05, 3.63) is 70.4 Å². The van der Waals surface area contributed by atoms with E-state index in [2.05, 4.69) is 26.1 Å². The number of aromatic nitrogens is 2. The van der Waals surface area contributed by atoms with Crippen LogP contribution in [0.5, 0.6) is 0 Å². The van der Waals surface area contributed by atoms with Crippen LogP contribution in [0.2, 0.25) is 5.02 Å². The number of hydrogen-bond donors (Lipinski definition) is 3. The Kier molecular flexibility index (Phi) is 5.45. The molecule has 1 aromatic heterocycles. The summed E-state index contributed by atoms with van der Waals surface area (Å²) in [6.07, 6.45) is 0. The lowest BCUT2D eigenvalue weighted by molar-refractivity contribution is 0.100. The molecule has 2 aromatic carbocycles. The number of carbonyl (C=O) groups is 1. The summed E-state index contributed by atoms with van der Waals surface area (Å²) < 4.78 is 1.79. The van der Waals surface area contributed by atoms with Crippen LogP contribution in [0, 0.1) is 0 Å². The van der Waals surface area contributed by atoms with Gasteiger partial charge in [0.25, 0.3) is 5.91 Å².